The Bertz CT molecular complexity index is 579. The first-order valence-corrected chi connectivity index (χ1v) is 7.76. The molecule has 0 aliphatic carbocycles. The number of carbonyl (C=O) groups excluding carboxylic acids is 1. The summed E-state index contributed by atoms with van der Waals surface area (Å²) in [6.45, 7) is 0.296. The van der Waals surface area contributed by atoms with Gasteiger partial charge in [0.25, 0.3) is 5.91 Å². The van der Waals surface area contributed by atoms with Gasteiger partial charge in [-0.25, -0.2) is 8.42 Å². The van der Waals surface area contributed by atoms with Crippen LogP contribution in [-0.4, -0.2) is 42.8 Å². The van der Waals surface area contributed by atoms with Crippen LogP contribution in [0.3, 0.4) is 0 Å². The molecule has 2 fully saturated rings. The normalized spacial score (nSPS) is 29.8. The molecule has 0 radical (unpaired) electrons. The van der Waals surface area contributed by atoms with Gasteiger partial charge in [0.15, 0.2) is 20.3 Å². The third-order valence-electron chi connectivity index (χ3n) is 3.35. The summed E-state index contributed by atoms with van der Waals surface area (Å²) in [4.78, 5) is 13.7. The second kappa shape index (κ2) is 3.58. The van der Waals surface area contributed by atoms with Crippen molar-refractivity contribution in [2.24, 2.45) is 0 Å². The number of nitrogens with zero attached hydrogens (tertiary/aromatic N) is 1. The molecule has 0 unspecified atom stereocenters. The van der Waals surface area contributed by atoms with E-state index in [9.17, 15) is 13.2 Å². The molecule has 2 saturated heterocycles. The minimum absolute atomic E-state index is 0.0886. The van der Waals surface area contributed by atoms with Gasteiger partial charge >= 0.3 is 0 Å². The molecule has 5 nitrogen and oxygen atoms in total. The van der Waals surface area contributed by atoms with Gasteiger partial charge in [-0.3, -0.25) is 4.79 Å². The molecular weight excluding hydrogens is 310 g/mol. The standard InChI is InChI=1S/C10H10BrNO4S/c11-9-2-1-8(16-9)10(13)12-4-7-3-6(12)5-17(7,14)15/h1-2,6-7H,3-5H2/t6-,7+/m0/s1. The van der Waals surface area contributed by atoms with E-state index in [1.807, 2.05) is 0 Å². The third kappa shape index (κ3) is 1.72. The van der Waals surface area contributed by atoms with Crippen LogP contribution in [0, 0.1) is 0 Å². The van der Waals surface area contributed by atoms with Gasteiger partial charge in [-0.1, -0.05) is 0 Å². The van der Waals surface area contributed by atoms with Gasteiger partial charge in [0.05, 0.1) is 11.0 Å². The molecule has 0 N–H and O–H groups in total. The predicted molar refractivity (Wildman–Crippen MR) is 63.4 cm³/mol. The highest BCUT2D eigenvalue weighted by Crippen LogP contribution is 2.34. The number of carbonyl (C=O) groups is 1. The SMILES string of the molecule is O=C(c1ccc(Br)o1)N1C[C@H]2C[C@H]1CS2(=O)=O. The lowest BCUT2D eigenvalue weighted by atomic mass is 10.2. The summed E-state index contributed by atoms with van der Waals surface area (Å²) in [5.74, 6) is 0.116. The summed E-state index contributed by atoms with van der Waals surface area (Å²) in [7, 11) is -2.96. The van der Waals surface area contributed by atoms with Crippen molar-refractivity contribution >= 4 is 31.7 Å². The Kier molecular flexibility index (Phi) is 2.38. The zero-order valence-corrected chi connectivity index (χ0v) is 11.2. The molecule has 17 heavy (non-hydrogen) atoms. The first-order valence-electron chi connectivity index (χ1n) is 5.25. The molecule has 1 amide bonds. The molecule has 2 atom stereocenters. The van der Waals surface area contributed by atoms with Crippen molar-refractivity contribution in [3.05, 3.63) is 22.6 Å². The zero-order chi connectivity index (χ0) is 12.2. The Balaban J connectivity index is 1.83. The van der Waals surface area contributed by atoms with Gasteiger partial charge in [-0.05, 0) is 34.5 Å². The maximum atomic E-state index is 12.1. The summed E-state index contributed by atoms with van der Waals surface area (Å²) in [6, 6.07) is 3.06. The average molecular weight is 320 g/mol. The van der Waals surface area contributed by atoms with Crippen molar-refractivity contribution in [1.82, 2.24) is 4.90 Å². The van der Waals surface area contributed by atoms with Crippen LogP contribution in [0.5, 0.6) is 0 Å². The summed E-state index contributed by atoms with van der Waals surface area (Å²) < 4.78 is 28.8. The first kappa shape index (κ1) is 11.3. The molecule has 2 bridgehead atoms. The minimum Gasteiger partial charge on any atom is -0.444 e. The Morgan fingerprint density at radius 1 is 1.47 bits per heavy atom. The molecule has 1 aromatic rings. The van der Waals surface area contributed by atoms with E-state index in [1.165, 1.54) is 0 Å². The predicted octanol–water partition coefficient (Wildman–Crippen LogP) is 1.05. The van der Waals surface area contributed by atoms with Crippen molar-refractivity contribution in [2.45, 2.75) is 17.7 Å². The quantitative estimate of drug-likeness (QED) is 0.776. The molecule has 2 aliphatic rings. The highest BCUT2D eigenvalue weighted by Gasteiger charge is 2.50. The number of hydrogen-bond donors (Lipinski definition) is 0. The monoisotopic (exact) mass is 319 g/mol. The average Bonchev–Trinajstić information content (AvgIpc) is 2.89. The largest absolute Gasteiger partial charge is 0.444 e. The van der Waals surface area contributed by atoms with Crippen LogP contribution in [-0.2, 0) is 9.84 Å². The number of furan rings is 1. The van der Waals surface area contributed by atoms with Gasteiger partial charge in [-0.15, -0.1) is 0 Å². The van der Waals surface area contributed by atoms with Gasteiger partial charge < -0.3 is 9.32 Å². The number of rotatable bonds is 1. The number of halogens is 1. The number of fused-ring (bicyclic) bond motifs is 2. The van der Waals surface area contributed by atoms with Crippen LogP contribution in [0.4, 0.5) is 0 Å². The van der Waals surface area contributed by atoms with E-state index in [-0.39, 0.29) is 28.7 Å². The van der Waals surface area contributed by atoms with E-state index in [1.54, 1.807) is 17.0 Å². The molecule has 92 valence electrons. The van der Waals surface area contributed by atoms with Gasteiger partial charge in [-0.2, -0.15) is 0 Å². The Hall–Kier alpha value is -0.820. The van der Waals surface area contributed by atoms with Crippen LogP contribution in [0.25, 0.3) is 0 Å². The van der Waals surface area contributed by atoms with Crippen molar-refractivity contribution in [3.8, 4) is 0 Å². The fraction of sp³-hybridized carbons (Fsp3) is 0.500. The lowest BCUT2D eigenvalue weighted by molar-refractivity contribution is 0.0712. The number of amides is 1. The van der Waals surface area contributed by atoms with E-state index in [0.717, 1.165) is 0 Å². The second-order valence-electron chi connectivity index (χ2n) is 4.40. The fourth-order valence-electron chi connectivity index (χ4n) is 2.52. The molecule has 1 aromatic heterocycles. The Morgan fingerprint density at radius 2 is 2.24 bits per heavy atom. The summed E-state index contributed by atoms with van der Waals surface area (Å²) in [5, 5.41) is -0.380. The van der Waals surface area contributed by atoms with Crippen LogP contribution < -0.4 is 0 Å². The smallest absolute Gasteiger partial charge is 0.289 e. The van der Waals surface area contributed by atoms with Gasteiger partial charge in [0.1, 0.15) is 0 Å². The lowest BCUT2D eigenvalue weighted by Gasteiger charge is -2.25. The summed E-state index contributed by atoms with van der Waals surface area (Å²) in [6.07, 6.45) is 0.565. The van der Waals surface area contributed by atoms with E-state index < -0.39 is 9.84 Å². The minimum atomic E-state index is -2.96. The van der Waals surface area contributed by atoms with E-state index in [2.05, 4.69) is 15.9 Å². The van der Waals surface area contributed by atoms with Crippen LogP contribution in [0.1, 0.15) is 17.0 Å². The molecule has 0 saturated carbocycles. The number of sulfone groups is 1. The molecule has 0 aromatic carbocycles. The fourth-order valence-corrected chi connectivity index (χ4v) is 4.85. The molecule has 7 heteroatoms. The number of likely N-dealkylation sites (tertiary alicyclic amines) is 1. The second-order valence-corrected chi connectivity index (χ2v) is 7.51. The van der Waals surface area contributed by atoms with Crippen molar-refractivity contribution in [2.75, 3.05) is 12.3 Å². The zero-order valence-electron chi connectivity index (χ0n) is 8.80. The van der Waals surface area contributed by atoms with Crippen molar-refractivity contribution < 1.29 is 17.6 Å². The third-order valence-corrected chi connectivity index (χ3v) is 5.99. The molecule has 3 rings (SSSR count). The maximum absolute atomic E-state index is 12.1. The topological polar surface area (TPSA) is 67.6 Å². The van der Waals surface area contributed by atoms with E-state index in [4.69, 9.17) is 4.42 Å². The van der Waals surface area contributed by atoms with Gasteiger partial charge in [0, 0.05) is 12.6 Å². The van der Waals surface area contributed by atoms with Crippen LogP contribution in [0.2, 0.25) is 0 Å². The molecule has 3 heterocycles. The van der Waals surface area contributed by atoms with Crippen molar-refractivity contribution in [3.63, 3.8) is 0 Å². The molecular formula is C10H10BrNO4S. The van der Waals surface area contributed by atoms with E-state index >= 15 is 0 Å². The Labute approximate surface area is 107 Å². The first-order chi connectivity index (χ1) is 7.97. The molecule has 0 spiro atoms. The maximum Gasteiger partial charge on any atom is 0.289 e. The van der Waals surface area contributed by atoms with Gasteiger partial charge in [0.2, 0.25) is 0 Å². The van der Waals surface area contributed by atoms with Crippen LogP contribution in [0.15, 0.2) is 21.2 Å². The number of hydrogen-bond acceptors (Lipinski definition) is 4. The van der Waals surface area contributed by atoms with Crippen molar-refractivity contribution in [1.29, 1.82) is 0 Å². The summed E-state index contributed by atoms with van der Waals surface area (Å²) in [5.41, 5.74) is 0. The summed E-state index contributed by atoms with van der Waals surface area (Å²) >= 11 is 3.13. The highest BCUT2D eigenvalue weighted by atomic mass is 79.9. The lowest BCUT2D eigenvalue weighted by Crippen LogP contribution is -2.43. The van der Waals surface area contributed by atoms with Crippen LogP contribution >= 0.6 is 15.9 Å². The Morgan fingerprint density at radius 3 is 2.71 bits per heavy atom. The molecule has 2 aliphatic heterocycles. The highest BCUT2D eigenvalue weighted by molar-refractivity contribution is 9.10. The van der Waals surface area contributed by atoms with E-state index in [0.29, 0.717) is 17.6 Å².